The van der Waals surface area contributed by atoms with Gasteiger partial charge in [0.1, 0.15) is 11.5 Å². The van der Waals surface area contributed by atoms with Gasteiger partial charge in [-0.2, -0.15) is 8.78 Å². The fourth-order valence-corrected chi connectivity index (χ4v) is 3.73. The summed E-state index contributed by atoms with van der Waals surface area (Å²) in [4.78, 5) is 36.4. The van der Waals surface area contributed by atoms with E-state index < -0.39 is 36.9 Å². The van der Waals surface area contributed by atoms with Crippen LogP contribution in [0.5, 0.6) is 11.5 Å². The lowest BCUT2D eigenvalue weighted by molar-refractivity contribution is -0.148. The van der Waals surface area contributed by atoms with Crippen LogP contribution in [0.25, 0.3) is 6.08 Å². The van der Waals surface area contributed by atoms with Gasteiger partial charge in [-0.05, 0) is 91.9 Å². The van der Waals surface area contributed by atoms with Crippen molar-refractivity contribution in [3.63, 3.8) is 0 Å². The Bertz CT molecular complexity index is 1440. The maximum absolute atomic E-state index is 13.0. The highest BCUT2D eigenvalue weighted by molar-refractivity contribution is 5.92. The standard InChI is InChI=1S/C32H32F4N2O7/c33-31(34)32(35,36)20-44-26-12-8-22(9-13-26)30(41)45-27-10-5-21(6-11-27)7-14-28(39)42-15-3-1-2-4-16-43-29(40)23-17-24(37)19-25(38)18-23/h5-14,17-19,31H,1-4,15-16,20,37-38H2/b14-7+. The Kier molecular flexibility index (Phi) is 12.8. The average Bonchev–Trinajstić information content (AvgIpc) is 3.00. The molecule has 0 radical (unpaired) electrons. The van der Waals surface area contributed by atoms with Crippen LogP contribution in [0.1, 0.15) is 52.0 Å². The van der Waals surface area contributed by atoms with E-state index in [4.69, 9.17) is 25.7 Å². The Morgan fingerprint density at radius 1 is 0.733 bits per heavy atom. The van der Waals surface area contributed by atoms with Crippen molar-refractivity contribution in [1.82, 2.24) is 0 Å². The van der Waals surface area contributed by atoms with Gasteiger partial charge in [0.25, 0.3) is 0 Å². The van der Waals surface area contributed by atoms with E-state index in [1.165, 1.54) is 60.7 Å². The summed E-state index contributed by atoms with van der Waals surface area (Å²) in [5, 5.41) is 0. The molecule has 4 N–H and O–H groups in total. The third-order valence-corrected chi connectivity index (χ3v) is 6.07. The van der Waals surface area contributed by atoms with Crippen molar-refractivity contribution in [2.24, 2.45) is 0 Å². The third kappa shape index (κ3) is 11.9. The molecular formula is C32H32F4N2O7. The van der Waals surface area contributed by atoms with E-state index in [1.54, 1.807) is 18.2 Å². The quantitative estimate of drug-likeness (QED) is 0.0463. The van der Waals surface area contributed by atoms with Gasteiger partial charge in [0.15, 0.2) is 6.61 Å². The van der Waals surface area contributed by atoms with Crippen LogP contribution in [0.4, 0.5) is 28.9 Å². The number of alkyl halides is 4. The number of carbonyl (C=O) groups is 3. The second-order valence-corrected chi connectivity index (χ2v) is 9.77. The van der Waals surface area contributed by atoms with Crippen LogP contribution in [0.3, 0.4) is 0 Å². The summed E-state index contributed by atoms with van der Waals surface area (Å²) in [7, 11) is 0. The lowest BCUT2D eigenvalue weighted by Crippen LogP contribution is -2.33. The highest BCUT2D eigenvalue weighted by Gasteiger charge is 2.41. The van der Waals surface area contributed by atoms with Gasteiger partial charge in [-0.1, -0.05) is 12.1 Å². The molecule has 0 saturated carbocycles. The molecule has 45 heavy (non-hydrogen) atoms. The zero-order valence-electron chi connectivity index (χ0n) is 24.1. The molecular weight excluding hydrogens is 600 g/mol. The van der Waals surface area contributed by atoms with Crippen LogP contribution in [0.2, 0.25) is 0 Å². The van der Waals surface area contributed by atoms with Crippen LogP contribution >= 0.6 is 0 Å². The second kappa shape index (κ2) is 16.7. The topological polar surface area (TPSA) is 140 Å². The molecule has 0 heterocycles. The highest BCUT2D eigenvalue weighted by atomic mass is 19.3. The summed E-state index contributed by atoms with van der Waals surface area (Å²) in [6.45, 7) is -1.02. The number of nitrogen functional groups attached to an aromatic ring is 2. The number of halogens is 4. The number of unbranched alkanes of at least 4 members (excludes halogenated alkanes) is 3. The Morgan fingerprint density at radius 3 is 1.91 bits per heavy atom. The summed E-state index contributed by atoms with van der Waals surface area (Å²) in [6, 6.07) is 15.7. The monoisotopic (exact) mass is 632 g/mol. The summed E-state index contributed by atoms with van der Waals surface area (Å²) in [5.74, 6) is -5.95. The predicted octanol–water partition coefficient (Wildman–Crippen LogP) is 6.32. The highest BCUT2D eigenvalue weighted by Crippen LogP contribution is 2.25. The first kappa shape index (κ1) is 34.4. The number of carbonyl (C=O) groups excluding carboxylic acids is 3. The minimum absolute atomic E-state index is 0.0816. The van der Waals surface area contributed by atoms with Crippen molar-refractivity contribution in [3.05, 3.63) is 89.5 Å². The van der Waals surface area contributed by atoms with Crippen LogP contribution in [0, 0.1) is 0 Å². The van der Waals surface area contributed by atoms with Crippen molar-refractivity contribution < 1.29 is 50.9 Å². The van der Waals surface area contributed by atoms with Crippen molar-refractivity contribution in [2.45, 2.75) is 38.0 Å². The van der Waals surface area contributed by atoms with E-state index in [1.807, 2.05) is 0 Å². The molecule has 3 aromatic carbocycles. The number of ether oxygens (including phenoxy) is 4. The van der Waals surface area contributed by atoms with Crippen molar-refractivity contribution in [1.29, 1.82) is 0 Å². The summed E-state index contributed by atoms with van der Waals surface area (Å²) < 4.78 is 70.7. The Morgan fingerprint density at radius 2 is 1.31 bits per heavy atom. The van der Waals surface area contributed by atoms with E-state index in [-0.39, 0.29) is 30.3 Å². The normalized spacial score (nSPS) is 11.4. The lowest BCUT2D eigenvalue weighted by atomic mass is 10.2. The van der Waals surface area contributed by atoms with Gasteiger partial charge >= 0.3 is 30.3 Å². The van der Waals surface area contributed by atoms with Gasteiger partial charge in [-0.3, -0.25) is 0 Å². The smallest absolute Gasteiger partial charge is 0.343 e. The van der Waals surface area contributed by atoms with E-state index in [2.05, 4.69) is 4.74 Å². The van der Waals surface area contributed by atoms with Crippen LogP contribution in [0.15, 0.2) is 72.8 Å². The number of benzene rings is 3. The summed E-state index contributed by atoms with van der Waals surface area (Å²) in [5.41, 5.74) is 13.1. The number of rotatable bonds is 16. The molecule has 0 saturated heterocycles. The zero-order valence-corrected chi connectivity index (χ0v) is 24.1. The van der Waals surface area contributed by atoms with E-state index >= 15 is 0 Å². The van der Waals surface area contributed by atoms with Gasteiger partial charge in [0.05, 0.1) is 24.3 Å². The van der Waals surface area contributed by atoms with Gasteiger partial charge in [-0.25, -0.2) is 23.2 Å². The van der Waals surface area contributed by atoms with E-state index in [9.17, 15) is 31.9 Å². The molecule has 240 valence electrons. The minimum atomic E-state index is -4.29. The van der Waals surface area contributed by atoms with Gasteiger partial charge < -0.3 is 30.4 Å². The molecule has 0 aromatic heterocycles. The van der Waals surface area contributed by atoms with Crippen molar-refractivity contribution >= 4 is 35.4 Å². The minimum Gasteiger partial charge on any atom is -0.487 e. The summed E-state index contributed by atoms with van der Waals surface area (Å²) >= 11 is 0. The SMILES string of the molecule is Nc1cc(N)cc(C(=O)OCCCCCCOC(=O)/C=C/c2ccc(OC(=O)c3ccc(OCC(F)(F)C(F)F)cc3)cc2)c1. The maximum Gasteiger partial charge on any atom is 0.343 e. The Hall–Kier alpha value is -5.07. The summed E-state index contributed by atoms with van der Waals surface area (Å²) in [6.07, 6.45) is 1.80. The largest absolute Gasteiger partial charge is 0.487 e. The Labute approximate surface area is 256 Å². The molecule has 0 atom stereocenters. The fraction of sp³-hybridized carbons (Fsp3) is 0.281. The fourth-order valence-electron chi connectivity index (χ4n) is 3.73. The molecule has 0 fully saturated rings. The van der Waals surface area contributed by atoms with Gasteiger partial charge in [0, 0.05) is 17.5 Å². The number of anilines is 2. The predicted molar refractivity (Wildman–Crippen MR) is 158 cm³/mol. The van der Waals surface area contributed by atoms with Crippen molar-refractivity contribution in [2.75, 3.05) is 31.3 Å². The molecule has 0 amide bonds. The van der Waals surface area contributed by atoms with E-state index in [0.29, 0.717) is 35.3 Å². The number of hydrogen-bond donors (Lipinski definition) is 2. The lowest BCUT2D eigenvalue weighted by Gasteiger charge is -2.16. The molecule has 9 nitrogen and oxygen atoms in total. The van der Waals surface area contributed by atoms with Crippen molar-refractivity contribution in [3.8, 4) is 11.5 Å². The maximum atomic E-state index is 13.0. The zero-order chi connectivity index (χ0) is 32.8. The second-order valence-electron chi connectivity index (χ2n) is 9.77. The first-order valence-corrected chi connectivity index (χ1v) is 13.8. The molecule has 3 rings (SSSR count). The first-order valence-electron chi connectivity index (χ1n) is 13.8. The first-order chi connectivity index (χ1) is 21.4. The Balaban J connectivity index is 1.30. The molecule has 0 aliphatic heterocycles. The van der Waals surface area contributed by atoms with Gasteiger partial charge in [0.2, 0.25) is 0 Å². The van der Waals surface area contributed by atoms with Crippen LogP contribution < -0.4 is 20.9 Å². The van der Waals surface area contributed by atoms with E-state index in [0.717, 1.165) is 12.8 Å². The molecule has 0 aliphatic rings. The number of esters is 3. The third-order valence-electron chi connectivity index (χ3n) is 6.07. The van der Waals surface area contributed by atoms with Crippen LogP contribution in [-0.2, 0) is 14.3 Å². The molecule has 0 spiro atoms. The number of hydrogen-bond acceptors (Lipinski definition) is 9. The molecule has 3 aromatic rings. The van der Waals surface area contributed by atoms with Crippen LogP contribution in [-0.4, -0.2) is 50.1 Å². The molecule has 0 bridgehead atoms. The molecule has 0 aliphatic carbocycles. The average molecular weight is 633 g/mol. The molecule has 0 unspecified atom stereocenters. The molecule has 13 heteroatoms. The van der Waals surface area contributed by atoms with Gasteiger partial charge in [-0.15, -0.1) is 0 Å². The number of nitrogens with two attached hydrogens (primary N) is 2.